The van der Waals surface area contributed by atoms with Crippen LogP contribution < -0.4 is 5.32 Å². The predicted octanol–water partition coefficient (Wildman–Crippen LogP) is 3.14. The highest BCUT2D eigenvalue weighted by molar-refractivity contribution is 7.13. The largest absolute Gasteiger partial charge is 0.347 e. The molecule has 4 nitrogen and oxygen atoms in total. The molecule has 0 bridgehead atoms. The van der Waals surface area contributed by atoms with E-state index >= 15 is 0 Å². The van der Waals surface area contributed by atoms with Gasteiger partial charge in [-0.1, -0.05) is 30.3 Å². The van der Waals surface area contributed by atoms with Gasteiger partial charge < -0.3 is 5.32 Å². The van der Waals surface area contributed by atoms with Crippen LogP contribution in [-0.2, 0) is 6.54 Å². The summed E-state index contributed by atoms with van der Waals surface area (Å²) in [4.78, 5) is 20.4. The monoisotopic (exact) mass is 295 g/mol. The van der Waals surface area contributed by atoms with Crippen molar-refractivity contribution in [3.8, 4) is 10.6 Å². The Morgan fingerprint density at radius 1 is 1.10 bits per heavy atom. The first kappa shape index (κ1) is 13.5. The SMILES string of the molecule is O=C(NCc1ccncc1)c1csc(-c2ccccc2)n1. The third-order valence-electron chi connectivity index (χ3n) is 2.96. The number of carbonyl (C=O) groups excluding carboxylic acids is 1. The molecule has 0 atom stereocenters. The van der Waals surface area contributed by atoms with Gasteiger partial charge in [-0.15, -0.1) is 11.3 Å². The van der Waals surface area contributed by atoms with Crippen LogP contribution in [0, 0.1) is 0 Å². The van der Waals surface area contributed by atoms with Crippen molar-refractivity contribution in [3.05, 3.63) is 71.5 Å². The normalized spacial score (nSPS) is 10.3. The molecule has 0 spiro atoms. The summed E-state index contributed by atoms with van der Waals surface area (Å²) in [6.45, 7) is 0.472. The summed E-state index contributed by atoms with van der Waals surface area (Å²) in [6, 6.07) is 13.6. The van der Waals surface area contributed by atoms with E-state index in [0.29, 0.717) is 12.2 Å². The van der Waals surface area contributed by atoms with Gasteiger partial charge in [0.1, 0.15) is 10.7 Å². The Morgan fingerprint density at radius 2 is 1.86 bits per heavy atom. The number of carbonyl (C=O) groups is 1. The van der Waals surface area contributed by atoms with E-state index in [-0.39, 0.29) is 5.91 Å². The average molecular weight is 295 g/mol. The number of amides is 1. The van der Waals surface area contributed by atoms with Crippen molar-refractivity contribution in [2.24, 2.45) is 0 Å². The molecule has 0 aliphatic rings. The topological polar surface area (TPSA) is 54.9 Å². The van der Waals surface area contributed by atoms with E-state index in [1.165, 1.54) is 11.3 Å². The minimum absolute atomic E-state index is 0.162. The second-order valence-electron chi connectivity index (χ2n) is 4.44. The molecule has 2 aromatic heterocycles. The molecule has 0 saturated carbocycles. The van der Waals surface area contributed by atoms with Crippen LogP contribution in [0.3, 0.4) is 0 Å². The first-order valence-electron chi connectivity index (χ1n) is 6.51. The van der Waals surface area contributed by atoms with Crippen molar-refractivity contribution in [2.75, 3.05) is 0 Å². The van der Waals surface area contributed by atoms with Gasteiger partial charge in [-0.05, 0) is 17.7 Å². The summed E-state index contributed by atoms with van der Waals surface area (Å²) in [6.07, 6.45) is 3.41. The van der Waals surface area contributed by atoms with Crippen molar-refractivity contribution in [3.63, 3.8) is 0 Å². The minimum Gasteiger partial charge on any atom is -0.347 e. The summed E-state index contributed by atoms with van der Waals surface area (Å²) in [5.41, 5.74) is 2.49. The zero-order valence-corrected chi connectivity index (χ0v) is 12.0. The quantitative estimate of drug-likeness (QED) is 0.804. The summed E-state index contributed by atoms with van der Waals surface area (Å²) < 4.78 is 0. The molecule has 2 heterocycles. The van der Waals surface area contributed by atoms with E-state index in [1.54, 1.807) is 17.8 Å². The van der Waals surface area contributed by atoms with Gasteiger partial charge in [-0.3, -0.25) is 9.78 Å². The second-order valence-corrected chi connectivity index (χ2v) is 5.30. The highest BCUT2D eigenvalue weighted by Crippen LogP contribution is 2.23. The number of rotatable bonds is 4. The van der Waals surface area contributed by atoms with E-state index in [9.17, 15) is 4.79 Å². The maximum absolute atomic E-state index is 12.1. The number of hydrogen-bond donors (Lipinski definition) is 1. The van der Waals surface area contributed by atoms with Crippen LogP contribution in [0.15, 0.2) is 60.2 Å². The Bertz CT molecular complexity index is 726. The van der Waals surface area contributed by atoms with E-state index in [4.69, 9.17) is 0 Å². The third kappa shape index (κ3) is 3.32. The predicted molar refractivity (Wildman–Crippen MR) is 83.0 cm³/mol. The van der Waals surface area contributed by atoms with Crippen LogP contribution in [0.5, 0.6) is 0 Å². The lowest BCUT2D eigenvalue weighted by Crippen LogP contribution is -2.23. The lowest BCUT2D eigenvalue weighted by Gasteiger charge is -2.02. The Kier molecular flexibility index (Phi) is 4.02. The van der Waals surface area contributed by atoms with Gasteiger partial charge >= 0.3 is 0 Å². The van der Waals surface area contributed by atoms with E-state index < -0.39 is 0 Å². The molecule has 1 amide bonds. The molecule has 1 aromatic carbocycles. The lowest BCUT2D eigenvalue weighted by atomic mass is 10.2. The smallest absolute Gasteiger partial charge is 0.271 e. The van der Waals surface area contributed by atoms with Crippen molar-refractivity contribution < 1.29 is 4.79 Å². The molecule has 3 rings (SSSR count). The van der Waals surface area contributed by atoms with Gasteiger partial charge in [0.15, 0.2) is 0 Å². The maximum Gasteiger partial charge on any atom is 0.271 e. The molecule has 0 unspecified atom stereocenters. The molecule has 1 N–H and O–H groups in total. The fraction of sp³-hybridized carbons (Fsp3) is 0.0625. The Hall–Kier alpha value is -2.53. The molecule has 0 fully saturated rings. The number of benzene rings is 1. The number of nitrogens with zero attached hydrogens (tertiary/aromatic N) is 2. The first-order valence-corrected chi connectivity index (χ1v) is 7.39. The van der Waals surface area contributed by atoms with Gasteiger partial charge in [-0.2, -0.15) is 0 Å². The highest BCUT2D eigenvalue weighted by Gasteiger charge is 2.11. The number of aromatic nitrogens is 2. The number of nitrogens with one attached hydrogen (secondary N) is 1. The molecule has 0 aliphatic heterocycles. The zero-order valence-electron chi connectivity index (χ0n) is 11.2. The van der Waals surface area contributed by atoms with E-state index in [2.05, 4.69) is 15.3 Å². The Balaban J connectivity index is 1.67. The lowest BCUT2D eigenvalue weighted by molar-refractivity contribution is 0.0946. The summed E-state index contributed by atoms with van der Waals surface area (Å²) in [5.74, 6) is -0.162. The molecule has 0 aliphatic carbocycles. The maximum atomic E-state index is 12.1. The molecule has 5 heteroatoms. The van der Waals surface area contributed by atoms with Gasteiger partial charge in [0.2, 0.25) is 0 Å². The summed E-state index contributed by atoms with van der Waals surface area (Å²) in [5, 5.41) is 5.49. The molecular formula is C16H13N3OS. The number of pyridine rings is 1. The standard InChI is InChI=1S/C16H13N3OS/c20-15(18-10-12-6-8-17-9-7-12)14-11-21-16(19-14)13-4-2-1-3-5-13/h1-9,11H,10H2,(H,18,20). The van der Waals surface area contributed by atoms with Crippen molar-refractivity contribution in [1.82, 2.24) is 15.3 Å². The van der Waals surface area contributed by atoms with Crippen LogP contribution >= 0.6 is 11.3 Å². The van der Waals surface area contributed by atoms with Gasteiger partial charge in [0.25, 0.3) is 5.91 Å². The van der Waals surface area contributed by atoms with Crippen molar-refractivity contribution in [2.45, 2.75) is 6.54 Å². The van der Waals surface area contributed by atoms with Crippen LogP contribution in [0.25, 0.3) is 10.6 Å². The molecule has 3 aromatic rings. The molecule has 0 saturated heterocycles. The van der Waals surface area contributed by atoms with Gasteiger partial charge in [0, 0.05) is 29.9 Å². The van der Waals surface area contributed by atoms with Crippen LogP contribution in [0.2, 0.25) is 0 Å². The van der Waals surface area contributed by atoms with Crippen molar-refractivity contribution in [1.29, 1.82) is 0 Å². The summed E-state index contributed by atoms with van der Waals surface area (Å²) >= 11 is 1.47. The highest BCUT2D eigenvalue weighted by atomic mass is 32.1. The van der Waals surface area contributed by atoms with E-state index in [1.807, 2.05) is 42.5 Å². The minimum atomic E-state index is -0.162. The summed E-state index contributed by atoms with van der Waals surface area (Å²) in [7, 11) is 0. The first-order chi connectivity index (χ1) is 10.3. The Morgan fingerprint density at radius 3 is 2.62 bits per heavy atom. The molecule has 0 radical (unpaired) electrons. The van der Waals surface area contributed by atoms with E-state index in [0.717, 1.165) is 16.1 Å². The number of thiazole rings is 1. The zero-order chi connectivity index (χ0) is 14.5. The second kappa shape index (κ2) is 6.28. The molecular weight excluding hydrogens is 282 g/mol. The van der Waals surface area contributed by atoms with Gasteiger partial charge in [-0.25, -0.2) is 4.98 Å². The third-order valence-corrected chi connectivity index (χ3v) is 3.85. The Labute approximate surface area is 126 Å². The van der Waals surface area contributed by atoms with Crippen LogP contribution in [0.1, 0.15) is 16.1 Å². The fourth-order valence-corrected chi connectivity index (χ4v) is 2.67. The fourth-order valence-electron chi connectivity index (χ4n) is 1.86. The number of hydrogen-bond acceptors (Lipinski definition) is 4. The van der Waals surface area contributed by atoms with Crippen molar-refractivity contribution >= 4 is 17.2 Å². The molecule has 104 valence electrons. The average Bonchev–Trinajstić information content (AvgIpc) is 3.04. The molecule has 21 heavy (non-hydrogen) atoms. The van der Waals surface area contributed by atoms with Gasteiger partial charge in [0.05, 0.1) is 0 Å². The van der Waals surface area contributed by atoms with Crippen LogP contribution in [0.4, 0.5) is 0 Å². The van der Waals surface area contributed by atoms with Crippen LogP contribution in [-0.4, -0.2) is 15.9 Å².